The van der Waals surface area contributed by atoms with E-state index in [9.17, 15) is 0 Å². The number of nitrogens with zero attached hydrogens (tertiary/aromatic N) is 1. The first-order valence-electron chi connectivity index (χ1n) is 4.67. The lowest BCUT2D eigenvalue weighted by Crippen LogP contribution is -2.53. The molecule has 72 valence electrons. The Morgan fingerprint density at radius 2 is 2.00 bits per heavy atom. The zero-order chi connectivity index (χ0) is 9.03. The van der Waals surface area contributed by atoms with E-state index in [2.05, 4.69) is 11.8 Å². The molecule has 12 heavy (non-hydrogen) atoms. The average molecular weight is 172 g/mol. The summed E-state index contributed by atoms with van der Waals surface area (Å²) >= 11 is 0. The smallest absolute Gasteiger partial charge is 0.0656 e. The minimum absolute atomic E-state index is 0.0608. The molecule has 1 unspecified atom stereocenters. The Bertz CT molecular complexity index is 134. The molecule has 1 aliphatic rings. The monoisotopic (exact) mass is 172 g/mol. The number of hydrogen-bond donors (Lipinski definition) is 1. The highest BCUT2D eigenvalue weighted by Crippen LogP contribution is 2.20. The Morgan fingerprint density at radius 3 is 2.42 bits per heavy atom. The van der Waals surface area contributed by atoms with E-state index in [-0.39, 0.29) is 5.54 Å². The fraction of sp³-hybridized carbons (Fsp3) is 1.00. The van der Waals surface area contributed by atoms with Crippen molar-refractivity contribution in [3.63, 3.8) is 0 Å². The van der Waals surface area contributed by atoms with Crippen LogP contribution in [0.15, 0.2) is 0 Å². The van der Waals surface area contributed by atoms with Gasteiger partial charge in [0.15, 0.2) is 0 Å². The largest absolute Gasteiger partial charge is 0.383 e. The van der Waals surface area contributed by atoms with Gasteiger partial charge in [-0.15, -0.1) is 0 Å². The summed E-state index contributed by atoms with van der Waals surface area (Å²) in [5.41, 5.74) is 5.81. The van der Waals surface area contributed by atoms with Crippen molar-refractivity contribution < 1.29 is 4.74 Å². The van der Waals surface area contributed by atoms with Gasteiger partial charge in [0.1, 0.15) is 0 Å². The molecule has 1 fully saturated rings. The van der Waals surface area contributed by atoms with Gasteiger partial charge < -0.3 is 10.5 Å². The van der Waals surface area contributed by atoms with Crippen LogP contribution in [-0.4, -0.2) is 43.8 Å². The van der Waals surface area contributed by atoms with Crippen molar-refractivity contribution in [3.8, 4) is 0 Å². The van der Waals surface area contributed by atoms with Gasteiger partial charge in [0.05, 0.1) is 12.1 Å². The van der Waals surface area contributed by atoms with E-state index >= 15 is 0 Å². The fourth-order valence-corrected chi connectivity index (χ4v) is 1.85. The molecule has 2 N–H and O–H groups in total. The van der Waals surface area contributed by atoms with Gasteiger partial charge in [-0.1, -0.05) is 0 Å². The predicted molar refractivity (Wildman–Crippen MR) is 50.1 cm³/mol. The molecule has 3 heteroatoms. The number of rotatable bonds is 4. The molecule has 1 aliphatic heterocycles. The molecule has 1 heterocycles. The van der Waals surface area contributed by atoms with Crippen LogP contribution in [0.2, 0.25) is 0 Å². The van der Waals surface area contributed by atoms with Gasteiger partial charge in [0.25, 0.3) is 0 Å². The molecular formula is C9H20N2O. The first kappa shape index (κ1) is 9.96. The van der Waals surface area contributed by atoms with Crippen LogP contribution in [0.4, 0.5) is 0 Å². The number of methoxy groups -OCH3 is 1. The summed E-state index contributed by atoms with van der Waals surface area (Å²) in [5.74, 6) is 0. The van der Waals surface area contributed by atoms with Crippen LogP contribution in [0.1, 0.15) is 19.8 Å². The topological polar surface area (TPSA) is 38.5 Å². The molecule has 3 nitrogen and oxygen atoms in total. The van der Waals surface area contributed by atoms with Crippen molar-refractivity contribution in [2.45, 2.75) is 25.3 Å². The fourth-order valence-electron chi connectivity index (χ4n) is 1.85. The maximum atomic E-state index is 5.75. The summed E-state index contributed by atoms with van der Waals surface area (Å²) in [4.78, 5) is 2.44. The molecule has 0 aromatic rings. The SMILES string of the molecule is COCC(C)(CN)N1CCCC1. The number of likely N-dealkylation sites (tertiary alicyclic amines) is 1. The Kier molecular flexibility index (Phi) is 3.50. The minimum atomic E-state index is 0.0608. The highest BCUT2D eigenvalue weighted by Gasteiger charge is 2.32. The second-order valence-electron chi connectivity index (χ2n) is 3.83. The van der Waals surface area contributed by atoms with Crippen LogP contribution in [0.3, 0.4) is 0 Å². The van der Waals surface area contributed by atoms with Gasteiger partial charge in [0.2, 0.25) is 0 Å². The Hall–Kier alpha value is -0.120. The van der Waals surface area contributed by atoms with Crippen LogP contribution < -0.4 is 5.73 Å². The first-order chi connectivity index (χ1) is 5.73. The van der Waals surface area contributed by atoms with Crippen molar-refractivity contribution in [3.05, 3.63) is 0 Å². The number of hydrogen-bond acceptors (Lipinski definition) is 3. The summed E-state index contributed by atoms with van der Waals surface area (Å²) < 4.78 is 5.19. The quantitative estimate of drug-likeness (QED) is 0.669. The van der Waals surface area contributed by atoms with Gasteiger partial charge >= 0.3 is 0 Å². The van der Waals surface area contributed by atoms with Crippen LogP contribution in [-0.2, 0) is 4.74 Å². The van der Waals surface area contributed by atoms with Gasteiger partial charge in [-0.25, -0.2) is 0 Å². The Morgan fingerprint density at radius 1 is 1.42 bits per heavy atom. The molecule has 0 aromatic heterocycles. The molecule has 0 saturated carbocycles. The molecular weight excluding hydrogens is 152 g/mol. The first-order valence-corrected chi connectivity index (χ1v) is 4.67. The third kappa shape index (κ3) is 1.97. The lowest BCUT2D eigenvalue weighted by Gasteiger charge is -2.37. The molecule has 0 radical (unpaired) electrons. The predicted octanol–water partition coefficient (Wildman–Crippen LogP) is 0.446. The summed E-state index contributed by atoms with van der Waals surface area (Å²) in [5, 5.41) is 0. The summed E-state index contributed by atoms with van der Waals surface area (Å²) in [6.07, 6.45) is 2.61. The summed E-state index contributed by atoms with van der Waals surface area (Å²) in [6, 6.07) is 0. The van der Waals surface area contributed by atoms with Crippen molar-refractivity contribution in [1.82, 2.24) is 4.90 Å². The van der Waals surface area contributed by atoms with Crippen LogP contribution in [0, 0.1) is 0 Å². The molecule has 1 saturated heterocycles. The summed E-state index contributed by atoms with van der Waals surface area (Å²) in [7, 11) is 1.74. The normalized spacial score (nSPS) is 24.2. The van der Waals surface area contributed by atoms with E-state index in [1.807, 2.05) is 0 Å². The third-order valence-corrected chi connectivity index (χ3v) is 2.76. The second-order valence-corrected chi connectivity index (χ2v) is 3.83. The van der Waals surface area contributed by atoms with E-state index in [1.165, 1.54) is 25.9 Å². The molecule has 1 rings (SSSR count). The molecule has 0 bridgehead atoms. The van der Waals surface area contributed by atoms with Crippen LogP contribution >= 0.6 is 0 Å². The van der Waals surface area contributed by atoms with E-state index in [0.29, 0.717) is 6.54 Å². The lowest BCUT2D eigenvalue weighted by molar-refractivity contribution is 0.0423. The van der Waals surface area contributed by atoms with E-state index in [4.69, 9.17) is 10.5 Å². The van der Waals surface area contributed by atoms with Crippen molar-refractivity contribution >= 4 is 0 Å². The molecule has 0 spiro atoms. The average Bonchev–Trinajstić information content (AvgIpc) is 2.57. The second kappa shape index (κ2) is 4.21. The van der Waals surface area contributed by atoms with Gasteiger partial charge in [-0.2, -0.15) is 0 Å². The maximum absolute atomic E-state index is 5.75. The number of nitrogens with two attached hydrogens (primary N) is 1. The molecule has 0 amide bonds. The highest BCUT2D eigenvalue weighted by molar-refractivity contribution is 4.89. The van der Waals surface area contributed by atoms with Crippen molar-refractivity contribution in [1.29, 1.82) is 0 Å². The van der Waals surface area contributed by atoms with Gasteiger partial charge in [-0.05, 0) is 32.9 Å². The zero-order valence-electron chi connectivity index (χ0n) is 8.18. The minimum Gasteiger partial charge on any atom is -0.383 e. The van der Waals surface area contributed by atoms with E-state index in [0.717, 1.165) is 6.61 Å². The Labute approximate surface area is 74.9 Å². The maximum Gasteiger partial charge on any atom is 0.0656 e. The molecule has 1 atom stereocenters. The lowest BCUT2D eigenvalue weighted by atomic mass is 10.0. The van der Waals surface area contributed by atoms with Gasteiger partial charge in [-0.3, -0.25) is 4.90 Å². The highest BCUT2D eigenvalue weighted by atomic mass is 16.5. The standard InChI is InChI=1S/C9H20N2O/c1-9(7-10,8-12-2)11-5-3-4-6-11/h3-8,10H2,1-2H3. The van der Waals surface area contributed by atoms with E-state index < -0.39 is 0 Å². The Balaban J connectivity index is 2.51. The number of ether oxygens (including phenoxy) is 1. The van der Waals surface area contributed by atoms with E-state index in [1.54, 1.807) is 7.11 Å². The molecule has 0 aliphatic carbocycles. The van der Waals surface area contributed by atoms with Crippen molar-refractivity contribution in [2.75, 3.05) is 33.4 Å². The summed E-state index contributed by atoms with van der Waals surface area (Å²) in [6.45, 7) is 5.96. The van der Waals surface area contributed by atoms with Crippen LogP contribution in [0.5, 0.6) is 0 Å². The van der Waals surface area contributed by atoms with Crippen LogP contribution in [0.25, 0.3) is 0 Å². The van der Waals surface area contributed by atoms with Gasteiger partial charge in [0, 0.05) is 13.7 Å². The zero-order valence-corrected chi connectivity index (χ0v) is 8.18. The third-order valence-electron chi connectivity index (χ3n) is 2.76. The molecule has 0 aromatic carbocycles. The van der Waals surface area contributed by atoms with Crippen molar-refractivity contribution in [2.24, 2.45) is 5.73 Å².